The standard InChI is InChI=1S/C41H41ClF3N5O3S2/c42-32-14-10-29(11-15-32)37-9-5-4-6-31(37)27-49-22-24-50(25-23-49)34-16-12-30(13-17-34)40(51)48-55(52,53)36-18-19-39(38(26-36)41(43,44)45)47-33(20-21-46)28-54-35-7-2-1-3-8-35/h1-19,26,33,47H,20-25,27-28,46H2,(H,48,51)/t33-/m1/s1. The van der Waals surface area contributed by atoms with E-state index in [1.54, 1.807) is 12.1 Å². The van der Waals surface area contributed by atoms with E-state index < -0.39 is 38.6 Å². The average molecular weight is 808 g/mol. The molecule has 0 bridgehead atoms. The number of anilines is 2. The molecule has 14 heteroatoms. The third kappa shape index (κ3) is 10.6. The monoisotopic (exact) mass is 807 g/mol. The topological polar surface area (TPSA) is 108 Å². The number of thioether (sulfide) groups is 1. The number of amides is 1. The predicted molar refractivity (Wildman–Crippen MR) is 215 cm³/mol. The highest BCUT2D eigenvalue weighted by Crippen LogP contribution is 2.37. The highest BCUT2D eigenvalue weighted by Gasteiger charge is 2.36. The fourth-order valence-electron chi connectivity index (χ4n) is 6.42. The Morgan fingerprint density at radius 2 is 1.53 bits per heavy atom. The zero-order valence-corrected chi connectivity index (χ0v) is 32.2. The number of piperazine rings is 1. The number of benzene rings is 5. The molecule has 0 unspecified atom stereocenters. The molecule has 55 heavy (non-hydrogen) atoms. The van der Waals surface area contributed by atoms with Crippen LogP contribution in [0, 0.1) is 0 Å². The molecular formula is C41H41ClF3N5O3S2. The van der Waals surface area contributed by atoms with Crippen molar-refractivity contribution in [2.45, 2.75) is 35.0 Å². The van der Waals surface area contributed by atoms with Crippen molar-refractivity contribution >= 4 is 50.7 Å². The molecule has 8 nitrogen and oxygen atoms in total. The van der Waals surface area contributed by atoms with E-state index in [1.165, 1.54) is 29.5 Å². The summed E-state index contributed by atoms with van der Waals surface area (Å²) in [4.78, 5) is 17.9. The van der Waals surface area contributed by atoms with Gasteiger partial charge in [-0.1, -0.05) is 66.2 Å². The fraction of sp³-hybridized carbons (Fsp3) is 0.244. The molecule has 1 atom stereocenters. The summed E-state index contributed by atoms with van der Waals surface area (Å²) in [5.41, 5.74) is 8.72. The molecule has 0 aliphatic carbocycles. The van der Waals surface area contributed by atoms with Crippen molar-refractivity contribution in [2.24, 2.45) is 5.73 Å². The largest absolute Gasteiger partial charge is 0.418 e. The van der Waals surface area contributed by atoms with Gasteiger partial charge in [0, 0.05) is 71.4 Å². The lowest BCUT2D eigenvalue weighted by Gasteiger charge is -2.36. The van der Waals surface area contributed by atoms with Crippen LogP contribution in [-0.4, -0.2) is 63.7 Å². The second kappa shape index (κ2) is 17.9. The van der Waals surface area contributed by atoms with Crippen LogP contribution in [-0.2, 0) is 22.7 Å². The lowest BCUT2D eigenvalue weighted by Crippen LogP contribution is -2.46. The fourth-order valence-corrected chi connectivity index (χ4v) is 8.54. The Morgan fingerprint density at radius 1 is 0.855 bits per heavy atom. The van der Waals surface area contributed by atoms with E-state index >= 15 is 0 Å². The highest BCUT2D eigenvalue weighted by atomic mass is 35.5. The van der Waals surface area contributed by atoms with Crippen LogP contribution >= 0.6 is 23.4 Å². The van der Waals surface area contributed by atoms with Crippen molar-refractivity contribution in [1.82, 2.24) is 9.62 Å². The molecule has 0 aromatic heterocycles. The smallest absolute Gasteiger partial charge is 0.381 e. The van der Waals surface area contributed by atoms with Crippen molar-refractivity contribution in [1.29, 1.82) is 0 Å². The Morgan fingerprint density at radius 3 is 2.20 bits per heavy atom. The van der Waals surface area contributed by atoms with Gasteiger partial charge in [0.25, 0.3) is 15.9 Å². The highest BCUT2D eigenvalue weighted by molar-refractivity contribution is 7.99. The second-order valence-corrected chi connectivity index (χ2v) is 16.4. The van der Waals surface area contributed by atoms with Crippen LogP contribution in [0.1, 0.15) is 27.9 Å². The number of sulfonamides is 1. The molecule has 288 valence electrons. The van der Waals surface area contributed by atoms with Gasteiger partial charge in [-0.05, 0) is 96.4 Å². The number of nitrogens with two attached hydrogens (primary N) is 1. The van der Waals surface area contributed by atoms with Crippen LogP contribution in [0.2, 0.25) is 5.02 Å². The summed E-state index contributed by atoms with van der Waals surface area (Å²) in [6.45, 7) is 4.13. The first-order chi connectivity index (χ1) is 26.4. The summed E-state index contributed by atoms with van der Waals surface area (Å²) in [5.74, 6) is -0.516. The van der Waals surface area contributed by atoms with Crippen LogP contribution < -0.4 is 20.7 Å². The molecule has 6 rings (SSSR count). The number of hydrogen-bond acceptors (Lipinski definition) is 8. The Hall–Kier alpha value is -4.53. The molecule has 1 aliphatic heterocycles. The molecular weight excluding hydrogens is 767 g/mol. The van der Waals surface area contributed by atoms with Crippen LogP contribution in [0.15, 0.2) is 131 Å². The van der Waals surface area contributed by atoms with Gasteiger partial charge in [-0.2, -0.15) is 13.2 Å². The number of carbonyl (C=O) groups excluding carboxylic acids is 1. The summed E-state index contributed by atoms with van der Waals surface area (Å²) in [5, 5.41) is 3.60. The first-order valence-electron chi connectivity index (χ1n) is 17.7. The number of nitrogens with zero attached hydrogens (tertiary/aromatic N) is 2. The summed E-state index contributed by atoms with van der Waals surface area (Å²) < 4.78 is 71.2. The molecule has 0 spiro atoms. The summed E-state index contributed by atoms with van der Waals surface area (Å²) in [7, 11) is -4.65. The minimum Gasteiger partial charge on any atom is -0.381 e. The molecule has 0 saturated carbocycles. The normalized spacial score (nSPS) is 14.4. The zero-order valence-electron chi connectivity index (χ0n) is 29.8. The predicted octanol–water partition coefficient (Wildman–Crippen LogP) is 8.39. The molecule has 5 aromatic carbocycles. The van der Waals surface area contributed by atoms with Crippen LogP contribution in [0.25, 0.3) is 11.1 Å². The summed E-state index contributed by atoms with van der Waals surface area (Å²) >= 11 is 7.57. The van der Waals surface area contributed by atoms with E-state index in [0.717, 1.165) is 66.6 Å². The molecule has 1 amide bonds. The number of carbonyl (C=O) groups is 1. The van der Waals surface area contributed by atoms with E-state index in [1.807, 2.05) is 71.5 Å². The van der Waals surface area contributed by atoms with Gasteiger partial charge in [0.05, 0.1) is 10.5 Å². The molecule has 5 aromatic rings. The SMILES string of the molecule is NCC[C@H](CSc1ccccc1)Nc1ccc(S(=O)(=O)NC(=O)c2ccc(N3CCN(Cc4ccccc4-c4ccc(Cl)cc4)CC3)cc2)cc1C(F)(F)F. The van der Waals surface area contributed by atoms with Gasteiger partial charge < -0.3 is 16.0 Å². The maximum atomic E-state index is 14.3. The molecule has 1 saturated heterocycles. The second-order valence-electron chi connectivity index (χ2n) is 13.2. The first kappa shape index (κ1) is 40.1. The van der Waals surface area contributed by atoms with Gasteiger partial charge in [0.15, 0.2) is 0 Å². The third-order valence-corrected chi connectivity index (χ3v) is 12.1. The van der Waals surface area contributed by atoms with Crippen molar-refractivity contribution in [2.75, 3.05) is 48.7 Å². The van der Waals surface area contributed by atoms with E-state index in [4.69, 9.17) is 17.3 Å². The molecule has 1 heterocycles. The van der Waals surface area contributed by atoms with Gasteiger partial charge in [0.1, 0.15) is 0 Å². The third-order valence-electron chi connectivity index (χ3n) is 9.34. The average Bonchev–Trinajstić information content (AvgIpc) is 3.18. The zero-order chi connectivity index (χ0) is 39.0. The summed E-state index contributed by atoms with van der Waals surface area (Å²) in [6, 6.07) is 34.3. The minimum absolute atomic E-state index is 0.0552. The quantitative estimate of drug-likeness (QED) is 0.0962. The number of halogens is 4. The number of alkyl halides is 3. The molecule has 4 N–H and O–H groups in total. The van der Waals surface area contributed by atoms with Crippen LogP contribution in [0.4, 0.5) is 24.5 Å². The van der Waals surface area contributed by atoms with Crippen molar-refractivity contribution in [3.8, 4) is 11.1 Å². The first-order valence-corrected chi connectivity index (χ1v) is 20.6. The van der Waals surface area contributed by atoms with Gasteiger partial charge in [-0.25, -0.2) is 13.1 Å². The number of rotatable bonds is 14. The Balaban J connectivity index is 1.07. The van der Waals surface area contributed by atoms with Crippen molar-refractivity contribution in [3.63, 3.8) is 0 Å². The molecule has 1 aliphatic rings. The van der Waals surface area contributed by atoms with E-state index in [-0.39, 0.29) is 17.8 Å². The molecule has 1 fully saturated rings. The maximum absolute atomic E-state index is 14.3. The number of nitrogens with one attached hydrogen (secondary N) is 2. The lowest BCUT2D eigenvalue weighted by atomic mass is 9.99. The van der Waals surface area contributed by atoms with Gasteiger partial charge >= 0.3 is 6.18 Å². The van der Waals surface area contributed by atoms with Gasteiger partial charge in [-0.3, -0.25) is 9.69 Å². The molecule has 0 radical (unpaired) electrons. The summed E-state index contributed by atoms with van der Waals surface area (Å²) in [6.07, 6.45) is -4.48. The van der Waals surface area contributed by atoms with E-state index in [0.29, 0.717) is 23.3 Å². The maximum Gasteiger partial charge on any atom is 0.418 e. The van der Waals surface area contributed by atoms with Gasteiger partial charge in [-0.15, -0.1) is 11.8 Å². The van der Waals surface area contributed by atoms with Crippen molar-refractivity contribution in [3.05, 3.63) is 143 Å². The van der Waals surface area contributed by atoms with E-state index in [9.17, 15) is 26.4 Å². The van der Waals surface area contributed by atoms with Gasteiger partial charge in [0.2, 0.25) is 0 Å². The Labute approximate surface area is 328 Å². The van der Waals surface area contributed by atoms with E-state index in [2.05, 4.69) is 27.2 Å². The Kier molecular flexibility index (Phi) is 13.1. The van der Waals surface area contributed by atoms with Crippen molar-refractivity contribution < 1.29 is 26.4 Å². The van der Waals surface area contributed by atoms with Crippen LogP contribution in [0.3, 0.4) is 0 Å². The Bertz CT molecular complexity index is 2170. The number of hydrogen-bond donors (Lipinski definition) is 3. The lowest BCUT2D eigenvalue weighted by molar-refractivity contribution is -0.137. The van der Waals surface area contributed by atoms with Crippen LogP contribution in [0.5, 0.6) is 0 Å². The minimum atomic E-state index is -4.87.